The molecule has 0 bridgehead atoms. The molecule has 0 aromatic heterocycles. The van der Waals surface area contributed by atoms with Crippen molar-refractivity contribution in [2.75, 3.05) is 0 Å². The molecule has 0 saturated heterocycles. The lowest BCUT2D eigenvalue weighted by atomic mass is 9.68. The highest BCUT2D eigenvalue weighted by atomic mass is 16.5. The van der Waals surface area contributed by atoms with Gasteiger partial charge in [-0.1, -0.05) is 119 Å². The number of hydrogen-bond donors (Lipinski definition) is 0. The Morgan fingerprint density at radius 2 is 0.833 bits per heavy atom. The summed E-state index contributed by atoms with van der Waals surface area (Å²) in [5.74, 6) is 0.164. The summed E-state index contributed by atoms with van der Waals surface area (Å²) in [5.41, 5.74) is 11.4. The van der Waals surface area contributed by atoms with Gasteiger partial charge in [0.05, 0.1) is 16.5 Å². The summed E-state index contributed by atoms with van der Waals surface area (Å²) in [5, 5.41) is 0. The number of carbonyl (C=O) groups is 2. The molecule has 1 aliphatic rings. The normalized spacial score (nSPS) is 11.5. The molecular weight excluding hydrogens is 665 g/mol. The molecule has 4 heteroatoms. The van der Waals surface area contributed by atoms with Crippen molar-refractivity contribution in [3.8, 4) is 22.6 Å². The van der Waals surface area contributed by atoms with E-state index in [0.29, 0.717) is 22.6 Å². The summed E-state index contributed by atoms with van der Waals surface area (Å²) in [6, 6.07) is 43.7. The van der Waals surface area contributed by atoms with Crippen molar-refractivity contribution in [3.63, 3.8) is 0 Å². The number of carbonyl (C=O) groups excluding carboxylic acids is 2. The van der Waals surface area contributed by atoms with E-state index in [-0.39, 0.29) is 0 Å². The van der Waals surface area contributed by atoms with Gasteiger partial charge < -0.3 is 9.47 Å². The van der Waals surface area contributed by atoms with Gasteiger partial charge in [-0.05, 0) is 132 Å². The minimum absolute atomic E-state index is 0.391. The van der Waals surface area contributed by atoms with Gasteiger partial charge in [0.15, 0.2) is 0 Å². The quantitative estimate of drug-likeness (QED) is 0.0977. The van der Waals surface area contributed by atoms with E-state index in [9.17, 15) is 9.59 Å². The van der Waals surface area contributed by atoms with Gasteiger partial charge in [-0.3, -0.25) is 0 Å². The standard InChI is InChI=1S/C43H34O4.C3H8.C2H6.C2H4/c1-27-13-15-31(25-29(27)3)41(44)46-35-21-17-33(18-22-35)43(39-11-7-5-9-37(39)38-10-6-8-12-40(38)43)34-19-23-36(24-20-34)47-42(45)32-16-14-28(2)30(4)26-32;1-3-2;2*1-2/h5-26H,1-4H3;3H2,1-2H3;1-2H3;1-2H2. The van der Waals surface area contributed by atoms with Crippen LogP contribution < -0.4 is 9.47 Å². The highest BCUT2D eigenvalue weighted by Gasteiger charge is 2.45. The Kier molecular flexibility index (Phi) is 14.1. The van der Waals surface area contributed by atoms with E-state index >= 15 is 0 Å². The van der Waals surface area contributed by atoms with Crippen molar-refractivity contribution in [2.24, 2.45) is 0 Å². The number of aryl methyl sites for hydroxylation is 4. The average molecular weight is 717 g/mol. The van der Waals surface area contributed by atoms with Gasteiger partial charge in [0, 0.05) is 0 Å². The van der Waals surface area contributed by atoms with Crippen molar-refractivity contribution in [3.05, 3.63) is 202 Å². The lowest BCUT2D eigenvalue weighted by Gasteiger charge is -2.34. The van der Waals surface area contributed by atoms with Crippen LogP contribution in [0.4, 0.5) is 0 Å². The third-order valence-electron chi connectivity index (χ3n) is 9.43. The molecule has 0 saturated carbocycles. The Morgan fingerprint density at radius 3 is 1.17 bits per heavy atom. The van der Waals surface area contributed by atoms with Crippen molar-refractivity contribution in [1.29, 1.82) is 0 Å². The van der Waals surface area contributed by atoms with Crippen molar-refractivity contribution in [2.45, 2.75) is 67.2 Å². The summed E-state index contributed by atoms with van der Waals surface area (Å²) in [7, 11) is 0. The number of ether oxygens (including phenoxy) is 2. The first-order valence-corrected chi connectivity index (χ1v) is 18.7. The van der Waals surface area contributed by atoms with Gasteiger partial charge >= 0.3 is 11.9 Å². The molecule has 0 spiro atoms. The van der Waals surface area contributed by atoms with Crippen molar-refractivity contribution >= 4 is 11.9 Å². The third-order valence-corrected chi connectivity index (χ3v) is 9.43. The highest BCUT2D eigenvalue weighted by Crippen LogP contribution is 2.56. The molecule has 276 valence electrons. The Morgan fingerprint density at radius 1 is 0.500 bits per heavy atom. The van der Waals surface area contributed by atoms with Crippen LogP contribution in [0, 0.1) is 27.7 Å². The highest BCUT2D eigenvalue weighted by molar-refractivity contribution is 5.92. The van der Waals surface area contributed by atoms with Crippen LogP contribution in [0.3, 0.4) is 0 Å². The molecule has 6 aromatic carbocycles. The maximum absolute atomic E-state index is 13.0. The van der Waals surface area contributed by atoms with Crippen LogP contribution in [0.2, 0.25) is 0 Å². The van der Waals surface area contributed by atoms with Gasteiger partial charge in [0.2, 0.25) is 0 Å². The van der Waals surface area contributed by atoms with E-state index in [1.165, 1.54) is 17.5 Å². The molecule has 4 nitrogen and oxygen atoms in total. The van der Waals surface area contributed by atoms with Gasteiger partial charge in [0.1, 0.15) is 11.5 Å². The topological polar surface area (TPSA) is 52.6 Å². The van der Waals surface area contributed by atoms with Crippen LogP contribution in [-0.2, 0) is 5.41 Å². The smallest absolute Gasteiger partial charge is 0.343 e. The number of esters is 2. The van der Waals surface area contributed by atoms with Gasteiger partial charge in [-0.15, -0.1) is 13.2 Å². The predicted molar refractivity (Wildman–Crippen MR) is 224 cm³/mol. The number of fused-ring (bicyclic) bond motifs is 3. The lowest BCUT2D eigenvalue weighted by molar-refractivity contribution is 0.0725. The summed E-state index contributed by atoms with van der Waals surface area (Å²) < 4.78 is 11.6. The van der Waals surface area contributed by atoms with Crippen LogP contribution >= 0.6 is 0 Å². The zero-order chi connectivity index (χ0) is 39.4. The zero-order valence-corrected chi connectivity index (χ0v) is 33.0. The second kappa shape index (κ2) is 18.7. The Hall–Kier alpha value is -6.00. The monoisotopic (exact) mass is 716 g/mol. The predicted octanol–water partition coefficient (Wildman–Crippen LogP) is 13.0. The SMILES string of the molecule is C=C.CC.CCC.Cc1ccc(C(=O)Oc2ccc(C3(c4ccc(OC(=O)c5ccc(C)c(C)c5)cc4)c4ccccc4-c4ccccc43)cc2)cc1C. The zero-order valence-electron chi connectivity index (χ0n) is 33.0. The minimum Gasteiger partial charge on any atom is -0.423 e. The van der Waals surface area contributed by atoms with Crippen LogP contribution in [0.5, 0.6) is 11.5 Å². The maximum Gasteiger partial charge on any atom is 0.343 e. The third kappa shape index (κ3) is 8.29. The molecule has 54 heavy (non-hydrogen) atoms. The van der Waals surface area contributed by atoms with Gasteiger partial charge in [-0.2, -0.15) is 0 Å². The second-order valence-corrected chi connectivity index (χ2v) is 13.0. The van der Waals surface area contributed by atoms with E-state index in [0.717, 1.165) is 44.5 Å². The summed E-state index contributed by atoms with van der Waals surface area (Å²) in [6.07, 6.45) is 1.25. The molecule has 0 atom stereocenters. The molecule has 0 radical (unpaired) electrons. The molecule has 0 heterocycles. The van der Waals surface area contributed by atoms with E-state index in [4.69, 9.17) is 9.47 Å². The summed E-state index contributed by atoms with van der Waals surface area (Å²) in [6.45, 7) is 22.3. The molecule has 1 aliphatic carbocycles. The van der Waals surface area contributed by atoms with Gasteiger partial charge in [-0.25, -0.2) is 9.59 Å². The first-order chi connectivity index (χ1) is 26.2. The maximum atomic E-state index is 13.0. The summed E-state index contributed by atoms with van der Waals surface area (Å²) >= 11 is 0. The number of hydrogen-bond acceptors (Lipinski definition) is 4. The van der Waals surface area contributed by atoms with Crippen molar-refractivity contribution in [1.82, 2.24) is 0 Å². The van der Waals surface area contributed by atoms with E-state index in [1.807, 2.05) is 114 Å². The molecule has 7 rings (SSSR count). The molecule has 0 aliphatic heterocycles. The van der Waals surface area contributed by atoms with Crippen molar-refractivity contribution < 1.29 is 19.1 Å². The molecule has 6 aromatic rings. The van der Waals surface area contributed by atoms with Crippen LogP contribution in [-0.4, -0.2) is 11.9 Å². The van der Waals surface area contributed by atoms with E-state index in [2.05, 4.69) is 75.5 Å². The van der Waals surface area contributed by atoms with Crippen LogP contribution in [0.25, 0.3) is 11.1 Å². The Bertz CT molecular complexity index is 2040. The molecule has 0 unspecified atom stereocenters. The molecule has 0 fully saturated rings. The van der Waals surface area contributed by atoms with Crippen LogP contribution in [0.1, 0.15) is 99.3 Å². The Balaban J connectivity index is 0.000000872. The van der Waals surface area contributed by atoms with E-state index < -0.39 is 17.4 Å². The number of benzene rings is 6. The molecule has 0 amide bonds. The first-order valence-electron chi connectivity index (χ1n) is 18.7. The van der Waals surface area contributed by atoms with Crippen LogP contribution in [0.15, 0.2) is 147 Å². The fourth-order valence-corrected chi connectivity index (χ4v) is 6.64. The Labute approximate surface area is 322 Å². The second-order valence-electron chi connectivity index (χ2n) is 13.0. The molecule has 0 N–H and O–H groups in total. The fraction of sp³-hybridized carbons (Fsp3) is 0.200. The van der Waals surface area contributed by atoms with E-state index in [1.54, 1.807) is 12.1 Å². The average Bonchev–Trinajstić information content (AvgIpc) is 3.50. The van der Waals surface area contributed by atoms with Gasteiger partial charge in [0.25, 0.3) is 0 Å². The molecular formula is C50H52O4. The lowest BCUT2D eigenvalue weighted by Crippen LogP contribution is -2.28. The first kappa shape index (κ1) is 40.8. The number of rotatable bonds is 6. The summed E-state index contributed by atoms with van der Waals surface area (Å²) in [4.78, 5) is 26.0. The largest absolute Gasteiger partial charge is 0.423 e. The minimum atomic E-state index is -0.652. The fourth-order valence-electron chi connectivity index (χ4n) is 6.64.